The van der Waals surface area contributed by atoms with Gasteiger partial charge in [0.05, 0.1) is 17.4 Å². The minimum Gasteiger partial charge on any atom is -0.398 e. The third-order valence-corrected chi connectivity index (χ3v) is 3.95. The van der Waals surface area contributed by atoms with Crippen LogP contribution in [-0.2, 0) is 15.5 Å². The highest BCUT2D eigenvalue weighted by Gasteiger charge is 2.53. The van der Waals surface area contributed by atoms with E-state index in [-0.39, 0.29) is 0 Å². The first-order valence-corrected chi connectivity index (χ1v) is 6.79. The first-order valence-electron chi connectivity index (χ1n) is 6.79. The van der Waals surface area contributed by atoms with E-state index in [1.165, 1.54) is 0 Å². The predicted molar refractivity (Wildman–Crippen MR) is 74.4 cm³/mol. The van der Waals surface area contributed by atoms with Gasteiger partial charge in [-0.2, -0.15) is 13.2 Å². The summed E-state index contributed by atoms with van der Waals surface area (Å²) in [6.07, 6.45) is -3.74. The molecule has 23 heavy (non-hydrogen) atoms. The van der Waals surface area contributed by atoms with Gasteiger partial charge >= 0.3 is 13.3 Å². The summed E-state index contributed by atoms with van der Waals surface area (Å²) in [4.78, 5) is 2.95. The van der Waals surface area contributed by atoms with E-state index in [1.54, 1.807) is 27.7 Å². The molecule has 0 unspecified atom stereocenters. The second-order valence-electron chi connectivity index (χ2n) is 6.21. The Hall–Kier alpha value is -1.48. The molecule has 0 spiro atoms. The molecule has 1 aliphatic heterocycles. The number of rotatable bonds is 2. The number of aromatic nitrogens is 1. The minimum absolute atomic E-state index is 0.395. The second-order valence-corrected chi connectivity index (χ2v) is 6.21. The molecule has 0 amide bonds. The summed E-state index contributed by atoms with van der Waals surface area (Å²) in [5.41, 5.74) is -4.57. The fraction of sp³-hybridized carbons (Fsp3) is 0.500. The zero-order valence-corrected chi connectivity index (χ0v) is 13.0. The normalized spacial score (nSPS) is 20.9. The van der Waals surface area contributed by atoms with Gasteiger partial charge in [-0.25, -0.2) is 13.8 Å². The van der Waals surface area contributed by atoms with Crippen molar-refractivity contribution in [3.63, 3.8) is 0 Å². The predicted octanol–water partition coefficient (Wildman–Crippen LogP) is 4.18. The zero-order chi connectivity index (χ0) is 17.6. The molecule has 9 heteroatoms. The molecular formula is C14H15BF5NO2. The second kappa shape index (κ2) is 5.56. The topological polar surface area (TPSA) is 31.4 Å². The van der Waals surface area contributed by atoms with Crippen molar-refractivity contribution in [1.29, 1.82) is 0 Å². The summed E-state index contributed by atoms with van der Waals surface area (Å²) in [6, 6.07) is 0.431. The number of halogens is 5. The first-order chi connectivity index (χ1) is 10.3. The monoisotopic (exact) mass is 335 g/mol. The Bertz CT molecular complexity index is 627. The SMILES string of the molecule is CC1(C)OB(C(F)=Cc2cc(C(F)(F)F)ncc2F)OC1(C)C. The first kappa shape index (κ1) is 17.9. The van der Waals surface area contributed by atoms with Crippen molar-refractivity contribution < 1.29 is 31.3 Å². The molecule has 0 aromatic carbocycles. The molecule has 0 atom stereocenters. The molecule has 0 radical (unpaired) electrons. The molecule has 1 aliphatic rings. The lowest BCUT2D eigenvalue weighted by Crippen LogP contribution is -2.41. The Labute approximate surface area is 130 Å². The number of pyridine rings is 1. The highest BCUT2D eigenvalue weighted by atomic mass is 19.4. The molecule has 0 N–H and O–H groups in total. The van der Waals surface area contributed by atoms with Crippen molar-refractivity contribution >= 4 is 13.2 Å². The Morgan fingerprint density at radius 2 is 1.70 bits per heavy atom. The lowest BCUT2D eigenvalue weighted by Gasteiger charge is -2.32. The molecule has 2 rings (SSSR count). The standard InChI is InChI=1S/C14H15BF5NO2/c1-12(2)13(3,4)23-15(22-12)11(17)6-8-5-10(14(18,19)20)21-7-9(8)16/h5-7H,1-4H3. The van der Waals surface area contributed by atoms with E-state index >= 15 is 0 Å². The molecular weight excluding hydrogens is 320 g/mol. The van der Waals surface area contributed by atoms with Gasteiger partial charge in [0.25, 0.3) is 0 Å². The zero-order valence-electron chi connectivity index (χ0n) is 13.0. The summed E-state index contributed by atoms with van der Waals surface area (Å²) < 4.78 is 76.4. The van der Waals surface area contributed by atoms with Crippen LogP contribution in [0.2, 0.25) is 0 Å². The molecule has 0 aliphatic carbocycles. The Morgan fingerprint density at radius 3 is 2.17 bits per heavy atom. The Morgan fingerprint density at radius 1 is 1.17 bits per heavy atom. The van der Waals surface area contributed by atoms with Crippen LogP contribution in [0.15, 0.2) is 18.0 Å². The number of hydrogen-bond acceptors (Lipinski definition) is 3. The van der Waals surface area contributed by atoms with Gasteiger partial charge in [-0.05, 0) is 39.8 Å². The van der Waals surface area contributed by atoms with E-state index in [0.717, 1.165) is 0 Å². The highest BCUT2D eigenvalue weighted by molar-refractivity contribution is 6.54. The van der Waals surface area contributed by atoms with E-state index in [2.05, 4.69) is 4.98 Å². The average Bonchev–Trinajstić information content (AvgIpc) is 2.60. The van der Waals surface area contributed by atoms with E-state index in [1.807, 2.05) is 0 Å². The summed E-state index contributed by atoms with van der Waals surface area (Å²) in [7, 11) is -1.41. The third kappa shape index (κ3) is 3.55. The molecule has 0 bridgehead atoms. The van der Waals surface area contributed by atoms with Crippen molar-refractivity contribution in [3.8, 4) is 0 Å². The summed E-state index contributed by atoms with van der Waals surface area (Å²) in [6.45, 7) is 6.76. The van der Waals surface area contributed by atoms with Gasteiger partial charge in [0.2, 0.25) is 0 Å². The van der Waals surface area contributed by atoms with Crippen molar-refractivity contribution in [1.82, 2.24) is 4.98 Å². The smallest absolute Gasteiger partial charge is 0.398 e. The number of hydrogen-bond donors (Lipinski definition) is 0. The molecule has 1 aromatic rings. The Balaban J connectivity index is 2.32. The maximum absolute atomic E-state index is 14.2. The van der Waals surface area contributed by atoms with Gasteiger partial charge in [-0.3, -0.25) is 0 Å². The maximum Gasteiger partial charge on any atom is 0.525 e. The molecule has 1 aromatic heterocycles. The van der Waals surface area contributed by atoms with Crippen molar-refractivity contribution in [3.05, 3.63) is 35.1 Å². The lowest BCUT2D eigenvalue weighted by molar-refractivity contribution is -0.141. The largest absolute Gasteiger partial charge is 0.525 e. The molecule has 1 fully saturated rings. The molecule has 2 heterocycles. The lowest BCUT2D eigenvalue weighted by atomic mass is 9.87. The maximum atomic E-state index is 14.2. The van der Waals surface area contributed by atoms with Crippen molar-refractivity contribution in [2.45, 2.75) is 45.1 Å². The van der Waals surface area contributed by atoms with Crippen LogP contribution in [0.4, 0.5) is 22.0 Å². The number of alkyl halides is 3. The van der Waals surface area contributed by atoms with Gasteiger partial charge < -0.3 is 9.31 Å². The van der Waals surface area contributed by atoms with Crippen molar-refractivity contribution in [2.75, 3.05) is 0 Å². The molecule has 3 nitrogen and oxygen atoms in total. The summed E-state index contributed by atoms with van der Waals surface area (Å²) in [5, 5.41) is 0. The van der Waals surface area contributed by atoms with E-state index in [4.69, 9.17) is 9.31 Å². The quantitative estimate of drug-likeness (QED) is 0.600. The van der Waals surface area contributed by atoms with Crippen LogP contribution in [0.25, 0.3) is 6.08 Å². The van der Waals surface area contributed by atoms with Crippen LogP contribution in [0.3, 0.4) is 0 Å². The molecule has 0 saturated carbocycles. The van der Waals surface area contributed by atoms with Gasteiger partial charge in [0, 0.05) is 5.56 Å². The van der Waals surface area contributed by atoms with E-state index in [0.29, 0.717) is 18.3 Å². The molecule has 126 valence electrons. The van der Waals surface area contributed by atoms with Crippen LogP contribution in [0.1, 0.15) is 39.0 Å². The number of nitrogens with zero attached hydrogens (tertiary/aromatic N) is 1. The van der Waals surface area contributed by atoms with Gasteiger partial charge in [0.15, 0.2) is 0 Å². The van der Waals surface area contributed by atoms with Gasteiger partial charge in [-0.15, -0.1) is 0 Å². The minimum atomic E-state index is -4.75. The molecule has 1 saturated heterocycles. The van der Waals surface area contributed by atoms with Crippen LogP contribution in [-0.4, -0.2) is 23.3 Å². The van der Waals surface area contributed by atoms with Gasteiger partial charge in [-0.1, -0.05) is 0 Å². The Kier molecular flexibility index (Phi) is 4.32. The summed E-state index contributed by atoms with van der Waals surface area (Å²) in [5.74, 6) is -1.08. The van der Waals surface area contributed by atoms with Crippen LogP contribution < -0.4 is 0 Å². The van der Waals surface area contributed by atoms with Gasteiger partial charge in [0.1, 0.15) is 17.2 Å². The fourth-order valence-corrected chi connectivity index (χ4v) is 1.89. The average molecular weight is 335 g/mol. The van der Waals surface area contributed by atoms with Crippen LogP contribution in [0, 0.1) is 5.82 Å². The van der Waals surface area contributed by atoms with E-state index in [9.17, 15) is 22.0 Å². The van der Waals surface area contributed by atoms with Crippen LogP contribution in [0.5, 0.6) is 0 Å². The third-order valence-electron chi connectivity index (χ3n) is 3.95. The van der Waals surface area contributed by atoms with E-state index < -0.39 is 47.3 Å². The summed E-state index contributed by atoms with van der Waals surface area (Å²) >= 11 is 0. The fourth-order valence-electron chi connectivity index (χ4n) is 1.89. The highest BCUT2D eigenvalue weighted by Crippen LogP contribution is 2.39. The van der Waals surface area contributed by atoms with Crippen LogP contribution >= 0.6 is 0 Å². The van der Waals surface area contributed by atoms with Crippen molar-refractivity contribution in [2.24, 2.45) is 0 Å².